The van der Waals surface area contributed by atoms with Gasteiger partial charge in [-0.15, -0.1) is 0 Å². The molecule has 0 radical (unpaired) electrons. The van der Waals surface area contributed by atoms with E-state index in [2.05, 4.69) is 10.6 Å². The quantitative estimate of drug-likeness (QED) is 0.681. The molecular formula is C20H22Cl2N4O4S. The summed E-state index contributed by atoms with van der Waals surface area (Å²) in [7, 11) is -3.74. The summed E-state index contributed by atoms with van der Waals surface area (Å²) in [6.07, 6.45) is 0. The third kappa shape index (κ3) is 5.88. The molecule has 1 aliphatic rings. The van der Waals surface area contributed by atoms with Crippen molar-refractivity contribution in [3.05, 3.63) is 58.1 Å². The largest absolute Gasteiger partial charge is 0.339 e. The number of piperazine rings is 1. The smallest absolute Gasteiger partial charge is 0.319 e. The number of amides is 3. The van der Waals surface area contributed by atoms with Crippen LogP contribution in [0.25, 0.3) is 0 Å². The molecule has 31 heavy (non-hydrogen) atoms. The molecule has 3 rings (SSSR count). The Kier molecular flexibility index (Phi) is 7.42. The van der Waals surface area contributed by atoms with E-state index in [1.165, 1.54) is 27.4 Å². The Morgan fingerprint density at radius 1 is 1.00 bits per heavy atom. The molecule has 0 unspecified atom stereocenters. The fourth-order valence-corrected chi connectivity index (χ4v) is 4.94. The fourth-order valence-electron chi connectivity index (χ4n) is 3.13. The highest BCUT2D eigenvalue weighted by molar-refractivity contribution is 7.89. The minimum atomic E-state index is -3.74. The van der Waals surface area contributed by atoms with Gasteiger partial charge in [0.05, 0.1) is 21.5 Å². The summed E-state index contributed by atoms with van der Waals surface area (Å²) < 4.78 is 26.9. The number of aryl methyl sites for hydroxylation is 1. The molecule has 2 aromatic rings. The van der Waals surface area contributed by atoms with E-state index in [0.29, 0.717) is 5.69 Å². The lowest BCUT2D eigenvalue weighted by molar-refractivity contribution is -0.131. The first kappa shape index (κ1) is 23.3. The number of nitrogens with one attached hydrogen (secondary N) is 2. The number of sulfonamides is 1. The zero-order chi connectivity index (χ0) is 22.6. The van der Waals surface area contributed by atoms with Crippen molar-refractivity contribution < 1.29 is 18.0 Å². The van der Waals surface area contributed by atoms with Crippen LogP contribution in [0.15, 0.2) is 47.4 Å². The van der Waals surface area contributed by atoms with Crippen LogP contribution < -0.4 is 10.6 Å². The molecule has 1 heterocycles. The molecule has 11 heteroatoms. The summed E-state index contributed by atoms with van der Waals surface area (Å²) in [5.74, 6) is -0.286. The van der Waals surface area contributed by atoms with Crippen molar-refractivity contribution in [3.63, 3.8) is 0 Å². The van der Waals surface area contributed by atoms with Gasteiger partial charge in [-0.25, -0.2) is 13.2 Å². The number of hydrogen-bond donors (Lipinski definition) is 2. The van der Waals surface area contributed by atoms with E-state index in [1.54, 1.807) is 6.07 Å². The number of rotatable bonds is 5. The van der Waals surface area contributed by atoms with E-state index < -0.39 is 16.1 Å². The molecule has 1 aliphatic heterocycles. The van der Waals surface area contributed by atoms with Crippen LogP contribution in [-0.4, -0.2) is 62.3 Å². The molecule has 2 N–H and O–H groups in total. The molecule has 1 saturated heterocycles. The lowest BCUT2D eigenvalue weighted by Crippen LogP contribution is -2.52. The van der Waals surface area contributed by atoms with Crippen molar-refractivity contribution in [3.8, 4) is 0 Å². The van der Waals surface area contributed by atoms with Gasteiger partial charge in [-0.3, -0.25) is 4.79 Å². The summed E-state index contributed by atoms with van der Waals surface area (Å²) in [4.78, 5) is 26.0. The fraction of sp³-hybridized carbons (Fsp3) is 0.300. The Hall–Kier alpha value is -2.33. The van der Waals surface area contributed by atoms with E-state index in [9.17, 15) is 18.0 Å². The van der Waals surface area contributed by atoms with Gasteiger partial charge in [-0.2, -0.15) is 4.31 Å². The van der Waals surface area contributed by atoms with Crippen molar-refractivity contribution in [2.45, 2.75) is 11.8 Å². The van der Waals surface area contributed by atoms with Crippen LogP contribution in [0, 0.1) is 6.92 Å². The van der Waals surface area contributed by atoms with Gasteiger partial charge in [0.2, 0.25) is 15.9 Å². The first-order chi connectivity index (χ1) is 14.7. The molecule has 8 nitrogen and oxygen atoms in total. The van der Waals surface area contributed by atoms with Crippen molar-refractivity contribution >= 4 is 50.9 Å². The lowest BCUT2D eigenvalue weighted by atomic mass is 10.2. The molecule has 0 spiro atoms. The van der Waals surface area contributed by atoms with Crippen LogP contribution in [0.3, 0.4) is 0 Å². The molecule has 0 atom stereocenters. The third-order valence-electron chi connectivity index (χ3n) is 4.80. The van der Waals surface area contributed by atoms with E-state index in [0.717, 1.165) is 5.56 Å². The third-order valence-corrected chi connectivity index (χ3v) is 7.43. The predicted molar refractivity (Wildman–Crippen MR) is 120 cm³/mol. The predicted octanol–water partition coefficient (Wildman–Crippen LogP) is 2.96. The Morgan fingerprint density at radius 3 is 2.35 bits per heavy atom. The summed E-state index contributed by atoms with van der Waals surface area (Å²) >= 11 is 11.8. The van der Waals surface area contributed by atoms with Gasteiger partial charge in [-0.1, -0.05) is 35.3 Å². The van der Waals surface area contributed by atoms with Gasteiger partial charge >= 0.3 is 6.03 Å². The highest BCUT2D eigenvalue weighted by atomic mass is 35.5. The van der Waals surface area contributed by atoms with Crippen LogP contribution in [0.4, 0.5) is 10.5 Å². The van der Waals surface area contributed by atoms with Crippen molar-refractivity contribution in [1.29, 1.82) is 0 Å². The summed E-state index contributed by atoms with van der Waals surface area (Å²) in [5, 5.41) is 5.62. The number of anilines is 1. The van der Waals surface area contributed by atoms with Gasteiger partial charge in [0.25, 0.3) is 0 Å². The highest BCUT2D eigenvalue weighted by Gasteiger charge is 2.30. The van der Waals surface area contributed by atoms with Crippen LogP contribution in [0.2, 0.25) is 10.0 Å². The zero-order valence-electron chi connectivity index (χ0n) is 16.8. The first-order valence-corrected chi connectivity index (χ1v) is 11.7. The van der Waals surface area contributed by atoms with Crippen LogP contribution >= 0.6 is 23.2 Å². The normalized spacial score (nSPS) is 14.9. The second kappa shape index (κ2) is 9.86. The highest BCUT2D eigenvalue weighted by Crippen LogP contribution is 2.27. The molecule has 1 fully saturated rings. The number of benzene rings is 2. The number of halogens is 2. The molecule has 0 aromatic heterocycles. The van der Waals surface area contributed by atoms with Crippen molar-refractivity contribution in [1.82, 2.24) is 14.5 Å². The van der Waals surface area contributed by atoms with Crippen LogP contribution in [-0.2, 0) is 14.8 Å². The van der Waals surface area contributed by atoms with E-state index in [-0.39, 0.29) is 53.6 Å². The van der Waals surface area contributed by atoms with Gasteiger partial charge < -0.3 is 15.5 Å². The monoisotopic (exact) mass is 484 g/mol. The lowest BCUT2D eigenvalue weighted by Gasteiger charge is -2.34. The van der Waals surface area contributed by atoms with Gasteiger partial charge in [0.1, 0.15) is 0 Å². The number of carbonyl (C=O) groups excluding carboxylic acids is 2. The maximum atomic E-state index is 12.8. The molecule has 3 amide bonds. The average molecular weight is 485 g/mol. The Morgan fingerprint density at radius 2 is 1.71 bits per heavy atom. The first-order valence-electron chi connectivity index (χ1n) is 9.51. The summed E-state index contributed by atoms with van der Waals surface area (Å²) in [6, 6.07) is 11.0. The standard InChI is InChI=1S/C20H22Cl2N4O4S/c1-14-3-2-4-15(11-14)24-20(28)23-13-19(27)25-7-9-26(10-8-25)31(29,30)16-5-6-17(21)18(22)12-16/h2-6,11-12H,7-10,13H2,1H3,(H2,23,24,28). The minimum absolute atomic E-state index is 0.0520. The number of carbonyl (C=O) groups is 2. The Labute approximate surface area is 191 Å². The van der Waals surface area contributed by atoms with E-state index >= 15 is 0 Å². The summed E-state index contributed by atoms with van der Waals surface area (Å²) in [6.45, 7) is 2.46. The van der Waals surface area contributed by atoms with E-state index in [4.69, 9.17) is 23.2 Å². The molecule has 0 bridgehead atoms. The average Bonchev–Trinajstić information content (AvgIpc) is 2.74. The SMILES string of the molecule is Cc1cccc(NC(=O)NCC(=O)N2CCN(S(=O)(=O)c3ccc(Cl)c(Cl)c3)CC2)c1. The van der Waals surface area contributed by atoms with Crippen LogP contribution in [0.5, 0.6) is 0 Å². The molecule has 166 valence electrons. The number of hydrogen-bond acceptors (Lipinski definition) is 4. The zero-order valence-corrected chi connectivity index (χ0v) is 19.1. The second-order valence-corrected chi connectivity index (χ2v) is 9.79. The van der Waals surface area contributed by atoms with Crippen molar-refractivity contribution in [2.24, 2.45) is 0 Å². The minimum Gasteiger partial charge on any atom is -0.339 e. The Bertz CT molecular complexity index is 1090. The topological polar surface area (TPSA) is 98.8 Å². The molecule has 2 aromatic carbocycles. The maximum absolute atomic E-state index is 12.8. The number of nitrogens with zero attached hydrogens (tertiary/aromatic N) is 2. The van der Waals surface area contributed by atoms with Gasteiger partial charge in [0.15, 0.2) is 0 Å². The molecular weight excluding hydrogens is 463 g/mol. The molecule has 0 aliphatic carbocycles. The summed E-state index contributed by atoms with van der Waals surface area (Å²) in [5.41, 5.74) is 1.63. The van der Waals surface area contributed by atoms with Crippen molar-refractivity contribution in [2.75, 3.05) is 38.0 Å². The maximum Gasteiger partial charge on any atom is 0.319 e. The van der Waals surface area contributed by atoms with Crippen LogP contribution in [0.1, 0.15) is 5.56 Å². The number of urea groups is 1. The van der Waals surface area contributed by atoms with E-state index in [1.807, 2.05) is 25.1 Å². The van der Waals surface area contributed by atoms with Gasteiger partial charge in [-0.05, 0) is 42.8 Å². The van der Waals surface area contributed by atoms with Gasteiger partial charge in [0, 0.05) is 31.9 Å². The molecule has 0 saturated carbocycles. The second-order valence-electron chi connectivity index (χ2n) is 7.04. The Balaban J connectivity index is 1.50.